The van der Waals surface area contributed by atoms with E-state index in [1.807, 2.05) is 18.4 Å². The third-order valence-corrected chi connectivity index (χ3v) is 4.24. The van der Waals surface area contributed by atoms with Crippen LogP contribution in [0.2, 0.25) is 0 Å². The highest BCUT2D eigenvalue weighted by Gasteiger charge is 2.16. The summed E-state index contributed by atoms with van der Waals surface area (Å²) < 4.78 is 0. The smallest absolute Gasteiger partial charge is 0.233 e. The van der Waals surface area contributed by atoms with Crippen LogP contribution in [-0.4, -0.2) is 27.7 Å². The Morgan fingerprint density at radius 3 is 3.28 bits per heavy atom. The molecule has 0 aliphatic heterocycles. The molecule has 6 heteroatoms. The molecule has 0 saturated carbocycles. The average molecular weight is 279 g/mol. The zero-order valence-corrected chi connectivity index (χ0v) is 11.6. The lowest BCUT2D eigenvalue weighted by Gasteiger charge is -2.10. The summed E-state index contributed by atoms with van der Waals surface area (Å²) in [6.07, 6.45) is 3.20. The number of carbonyl (C=O) groups is 1. The molecule has 2 rings (SSSR count). The number of amides is 1. The molecule has 94 valence electrons. The molecular formula is C12H13N3OS2. The molecule has 0 spiro atoms. The summed E-state index contributed by atoms with van der Waals surface area (Å²) >= 11 is 3.02. The van der Waals surface area contributed by atoms with Crippen molar-refractivity contribution in [3.8, 4) is 0 Å². The van der Waals surface area contributed by atoms with Crippen molar-refractivity contribution in [2.24, 2.45) is 0 Å². The van der Waals surface area contributed by atoms with E-state index in [2.05, 4.69) is 21.9 Å². The van der Waals surface area contributed by atoms with Gasteiger partial charge >= 0.3 is 0 Å². The molecule has 1 N–H and O–H groups in total. The molecule has 0 aromatic carbocycles. The van der Waals surface area contributed by atoms with Gasteiger partial charge in [0.15, 0.2) is 0 Å². The van der Waals surface area contributed by atoms with Gasteiger partial charge < -0.3 is 5.32 Å². The van der Waals surface area contributed by atoms with Crippen molar-refractivity contribution in [2.45, 2.75) is 17.2 Å². The van der Waals surface area contributed by atoms with E-state index in [0.717, 1.165) is 15.2 Å². The van der Waals surface area contributed by atoms with Crippen LogP contribution < -0.4 is 5.32 Å². The third kappa shape index (κ3) is 2.88. The van der Waals surface area contributed by atoms with Crippen molar-refractivity contribution in [3.05, 3.63) is 30.4 Å². The van der Waals surface area contributed by atoms with Gasteiger partial charge in [-0.1, -0.05) is 17.8 Å². The molecule has 0 aliphatic rings. The summed E-state index contributed by atoms with van der Waals surface area (Å²) in [7, 11) is 0. The lowest BCUT2D eigenvalue weighted by atomic mass is 10.4. The molecule has 1 amide bonds. The maximum Gasteiger partial charge on any atom is 0.233 e. The van der Waals surface area contributed by atoms with Crippen molar-refractivity contribution >= 4 is 39.2 Å². The number of nitrogens with zero attached hydrogens (tertiary/aromatic N) is 2. The molecule has 2 aromatic rings. The quantitative estimate of drug-likeness (QED) is 0.519. The van der Waals surface area contributed by atoms with E-state index < -0.39 is 0 Å². The fraction of sp³-hybridized carbons (Fsp3) is 0.250. The Labute approximate surface area is 114 Å². The number of aromatic nitrogens is 2. The standard InChI is InChI=1S/C12H13N3OS2/c1-3-5-13-10(16)8(2)18-12-9-4-6-17-11(9)14-7-15-12/h3-4,6-8H,1,5H2,2H3,(H,13,16)/t8-/m0/s1. The second-order valence-electron chi connectivity index (χ2n) is 3.61. The Bertz CT molecular complexity index is 567. The minimum Gasteiger partial charge on any atom is -0.352 e. The Balaban J connectivity index is 2.11. The van der Waals surface area contributed by atoms with Crippen LogP contribution in [0.3, 0.4) is 0 Å². The van der Waals surface area contributed by atoms with Gasteiger partial charge in [-0.25, -0.2) is 9.97 Å². The second kappa shape index (κ2) is 5.97. The van der Waals surface area contributed by atoms with Gasteiger partial charge in [-0.2, -0.15) is 0 Å². The van der Waals surface area contributed by atoms with Crippen molar-refractivity contribution in [1.82, 2.24) is 15.3 Å². The van der Waals surface area contributed by atoms with Gasteiger partial charge in [0.05, 0.1) is 5.25 Å². The minimum absolute atomic E-state index is 0.0121. The molecule has 0 bridgehead atoms. The first kappa shape index (κ1) is 13.0. The average Bonchev–Trinajstić information content (AvgIpc) is 2.85. The van der Waals surface area contributed by atoms with E-state index in [0.29, 0.717) is 6.54 Å². The molecule has 1 atom stereocenters. The molecule has 2 aromatic heterocycles. The lowest BCUT2D eigenvalue weighted by molar-refractivity contribution is -0.120. The molecule has 0 aliphatic carbocycles. The van der Waals surface area contributed by atoms with E-state index in [1.54, 1.807) is 17.4 Å². The highest BCUT2D eigenvalue weighted by molar-refractivity contribution is 8.00. The van der Waals surface area contributed by atoms with Crippen LogP contribution in [0.25, 0.3) is 10.2 Å². The fourth-order valence-corrected chi connectivity index (χ4v) is 3.12. The SMILES string of the molecule is C=CCNC(=O)[C@H](C)Sc1ncnc2sccc12. The number of hydrogen-bond donors (Lipinski definition) is 1. The van der Waals surface area contributed by atoms with Crippen molar-refractivity contribution in [2.75, 3.05) is 6.54 Å². The summed E-state index contributed by atoms with van der Waals surface area (Å²) in [5, 5.41) is 6.42. The van der Waals surface area contributed by atoms with Gasteiger partial charge in [0.2, 0.25) is 5.91 Å². The Morgan fingerprint density at radius 2 is 2.50 bits per heavy atom. The molecule has 0 saturated heterocycles. The summed E-state index contributed by atoms with van der Waals surface area (Å²) in [6.45, 7) is 5.92. The maximum absolute atomic E-state index is 11.8. The van der Waals surface area contributed by atoms with Crippen LogP contribution in [0.15, 0.2) is 35.5 Å². The van der Waals surface area contributed by atoms with Gasteiger partial charge in [-0.3, -0.25) is 4.79 Å². The van der Waals surface area contributed by atoms with Crippen molar-refractivity contribution in [3.63, 3.8) is 0 Å². The van der Waals surface area contributed by atoms with Crippen LogP contribution in [0.1, 0.15) is 6.92 Å². The number of carbonyl (C=O) groups excluding carboxylic acids is 1. The number of hydrogen-bond acceptors (Lipinski definition) is 5. The van der Waals surface area contributed by atoms with Gasteiger partial charge in [0, 0.05) is 11.9 Å². The first-order valence-electron chi connectivity index (χ1n) is 5.46. The van der Waals surface area contributed by atoms with Crippen LogP contribution in [-0.2, 0) is 4.79 Å². The number of thioether (sulfide) groups is 1. The van der Waals surface area contributed by atoms with Crippen molar-refractivity contribution < 1.29 is 4.79 Å². The predicted molar refractivity (Wildman–Crippen MR) is 75.9 cm³/mol. The van der Waals surface area contributed by atoms with E-state index >= 15 is 0 Å². The first-order valence-corrected chi connectivity index (χ1v) is 7.21. The van der Waals surface area contributed by atoms with Crippen LogP contribution >= 0.6 is 23.1 Å². The zero-order valence-electron chi connectivity index (χ0n) is 9.92. The maximum atomic E-state index is 11.8. The molecule has 0 radical (unpaired) electrons. The highest BCUT2D eigenvalue weighted by atomic mass is 32.2. The third-order valence-electron chi connectivity index (χ3n) is 2.30. The fourth-order valence-electron chi connectivity index (χ4n) is 1.40. The monoisotopic (exact) mass is 279 g/mol. The second-order valence-corrected chi connectivity index (χ2v) is 5.84. The number of thiophene rings is 1. The normalized spacial score (nSPS) is 12.3. The summed E-state index contributed by atoms with van der Waals surface area (Å²) in [4.78, 5) is 21.1. The number of rotatable bonds is 5. The van der Waals surface area contributed by atoms with E-state index in [9.17, 15) is 4.79 Å². The molecule has 0 unspecified atom stereocenters. The van der Waals surface area contributed by atoms with Gasteiger partial charge in [-0.15, -0.1) is 17.9 Å². The molecule has 4 nitrogen and oxygen atoms in total. The van der Waals surface area contributed by atoms with Gasteiger partial charge in [0.1, 0.15) is 16.2 Å². The van der Waals surface area contributed by atoms with Gasteiger partial charge in [-0.05, 0) is 18.4 Å². The summed E-state index contributed by atoms with van der Waals surface area (Å²) in [6, 6.07) is 1.98. The lowest BCUT2D eigenvalue weighted by Crippen LogP contribution is -2.30. The first-order chi connectivity index (χ1) is 8.72. The summed E-state index contributed by atoms with van der Waals surface area (Å²) in [5.74, 6) is -0.0121. The van der Waals surface area contributed by atoms with Crippen LogP contribution in [0, 0.1) is 0 Å². The molecular weight excluding hydrogens is 266 g/mol. The number of nitrogens with one attached hydrogen (secondary N) is 1. The minimum atomic E-state index is -0.192. The van der Waals surface area contributed by atoms with Crippen molar-refractivity contribution in [1.29, 1.82) is 0 Å². The highest BCUT2D eigenvalue weighted by Crippen LogP contribution is 2.30. The van der Waals surface area contributed by atoms with Crippen LogP contribution in [0.4, 0.5) is 0 Å². The molecule has 18 heavy (non-hydrogen) atoms. The Morgan fingerprint density at radius 1 is 1.67 bits per heavy atom. The van der Waals surface area contributed by atoms with E-state index in [1.165, 1.54) is 18.1 Å². The number of fused-ring (bicyclic) bond motifs is 1. The Kier molecular flexibility index (Phi) is 4.33. The van der Waals surface area contributed by atoms with E-state index in [4.69, 9.17) is 0 Å². The predicted octanol–water partition coefficient (Wildman–Crippen LogP) is 2.47. The topological polar surface area (TPSA) is 54.9 Å². The Hall–Kier alpha value is -1.40. The van der Waals surface area contributed by atoms with Crippen LogP contribution in [0.5, 0.6) is 0 Å². The molecule has 2 heterocycles. The van der Waals surface area contributed by atoms with Gasteiger partial charge in [0.25, 0.3) is 0 Å². The molecule has 0 fully saturated rings. The van der Waals surface area contributed by atoms with E-state index in [-0.39, 0.29) is 11.2 Å². The largest absolute Gasteiger partial charge is 0.352 e. The summed E-state index contributed by atoms with van der Waals surface area (Å²) in [5.41, 5.74) is 0. The zero-order chi connectivity index (χ0) is 13.0.